The van der Waals surface area contributed by atoms with Gasteiger partial charge in [-0.2, -0.15) is 0 Å². The molecule has 0 bridgehead atoms. The van der Waals surface area contributed by atoms with Crippen LogP contribution in [0.15, 0.2) is 77.2 Å². The SMILES string of the molecule is C=C(C)C(=O)OC1CCN(C(=O)c2ccccc2-c2c3ccc(=[N+](CC)CC)cc-3oc3cc(N(CC)CC)ccc23)CC1. The van der Waals surface area contributed by atoms with Gasteiger partial charge in [0.05, 0.1) is 6.07 Å². The zero-order valence-electron chi connectivity index (χ0n) is 26.7. The lowest BCUT2D eigenvalue weighted by Crippen LogP contribution is -2.41. The summed E-state index contributed by atoms with van der Waals surface area (Å²) < 4.78 is 14.5. The van der Waals surface area contributed by atoms with Crippen LogP contribution in [0.1, 0.15) is 57.8 Å². The van der Waals surface area contributed by atoms with Gasteiger partial charge in [-0.05, 0) is 64.4 Å². The number of fused-ring (bicyclic) bond motifs is 2. The van der Waals surface area contributed by atoms with Crippen molar-refractivity contribution in [1.82, 2.24) is 9.48 Å². The molecule has 7 nitrogen and oxygen atoms in total. The number of carbonyl (C=O) groups is 2. The molecule has 0 unspecified atom stereocenters. The van der Waals surface area contributed by atoms with Crippen LogP contribution in [0.4, 0.5) is 5.69 Å². The van der Waals surface area contributed by atoms with E-state index >= 15 is 0 Å². The lowest BCUT2D eigenvalue weighted by atomic mass is 9.90. The van der Waals surface area contributed by atoms with Gasteiger partial charge in [0.25, 0.3) is 5.91 Å². The zero-order valence-corrected chi connectivity index (χ0v) is 26.7. The van der Waals surface area contributed by atoms with Gasteiger partial charge in [0, 0.05) is 84.5 Å². The summed E-state index contributed by atoms with van der Waals surface area (Å²) in [6, 6.07) is 20.7. The molecule has 1 saturated heterocycles. The van der Waals surface area contributed by atoms with E-state index in [0.29, 0.717) is 37.1 Å². The second-order valence-electron chi connectivity index (χ2n) is 11.4. The Hall–Kier alpha value is -4.39. The van der Waals surface area contributed by atoms with E-state index in [1.807, 2.05) is 29.2 Å². The Bertz CT molecular complexity index is 1720. The third-order valence-corrected chi connectivity index (χ3v) is 8.72. The number of piperidine rings is 1. The first-order valence-electron chi connectivity index (χ1n) is 15.9. The van der Waals surface area contributed by atoms with Crippen molar-refractivity contribution in [3.8, 4) is 22.5 Å². The molecule has 3 aliphatic rings. The van der Waals surface area contributed by atoms with Crippen LogP contribution < -0.4 is 14.8 Å². The first-order valence-corrected chi connectivity index (χ1v) is 15.9. The van der Waals surface area contributed by atoms with E-state index in [4.69, 9.17) is 9.15 Å². The molecular formula is C37H44N3O4+. The normalized spacial score (nSPS) is 13.7. The first-order chi connectivity index (χ1) is 21.3. The first kappa shape index (κ1) is 31.0. The highest BCUT2D eigenvalue weighted by Gasteiger charge is 2.29. The molecule has 2 heterocycles. The van der Waals surface area contributed by atoms with Crippen LogP contribution in [0.2, 0.25) is 0 Å². The standard InChI is InChI=1S/C37H44N3O4/c1-7-38(8-2)26-15-17-31-33(23-26)44-34-24-27(39(9-3)10-4)16-18-32(34)35(31)29-13-11-12-14-30(29)36(41)40-21-19-28(20-22-40)43-37(42)25(5)6/h11-18,23-24,28H,5,7-10,19-22H2,1-4,6H3/q+1. The fourth-order valence-corrected chi connectivity index (χ4v) is 6.22. The van der Waals surface area contributed by atoms with E-state index in [1.54, 1.807) is 6.92 Å². The van der Waals surface area contributed by atoms with Crippen molar-refractivity contribution in [2.75, 3.05) is 44.2 Å². The van der Waals surface area contributed by atoms with Gasteiger partial charge in [0.1, 0.15) is 30.5 Å². The van der Waals surface area contributed by atoms with Crippen LogP contribution in [-0.4, -0.2) is 62.1 Å². The Morgan fingerprint density at radius 3 is 2.32 bits per heavy atom. The van der Waals surface area contributed by atoms with E-state index < -0.39 is 0 Å². The molecule has 2 aromatic carbocycles. The van der Waals surface area contributed by atoms with Gasteiger partial charge in [-0.15, -0.1) is 0 Å². The van der Waals surface area contributed by atoms with E-state index in [9.17, 15) is 9.59 Å². The molecule has 0 N–H and O–H groups in total. The summed E-state index contributed by atoms with van der Waals surface area (Å²) in [5.74, 6) is 0.393. The fourth-order valence-electron chi connectivity index (χ4n) is 6.22. The summed E-state index contributed by atoms with van der Waals surface area (Å²) in [7, 11) is 0. The van der Waals surface area contributed by atoms with Crippen molar-refractivity contribution in [1.29, 1.82) is 0 Å². The maximum Gasteiger partial charge on any atom is 0.333 e. The highest BCUT2D eigenvalue weighted by molar-refractivity contribution is 6.09. The number of esters is 1. The van der Waals surface area contributed by atoms with Gasteiger partial charge in [-0.3, -0.25) is 4.79 Å². The van der Waals surface area contributed by atoms with E-state index in [0.717, 1.165) is 70.6 Å². The van der Waals surface area contributed by atoms with Crippen LogP contribution in [0.3, 0.4) is 0 Å². The molecule has 2 aliphatic heterocycles. The number of likely N-dealkylation sites (tertiary alicyclic amines) is 1. The Morgan fingerprint density at radius 1 is 0.955 bits per heavy atom. The Morgan fingerprint density at radius 2 is 1.66 bits per heavy atom. The molecular weight excluding hydrogens is 550 g/mol. The number of hydrogen-bond donors (Lipinski definition) is 0. The predicted molar refractivity (Wildman–Crippen MR) is 178 cm³/mol. The average molecular weight is 595 g/mol. The summed E-state index contributed by atoms with van der Waals surface area (Å²) in [5, 5.41) is 2.07. The Labute approximate surface area is 260 Å². The molecule has 230 valence electrons. The van der Waals surface area contributed by atoms with Crippen LogP contribution in [0, 0.1) is 0 Å². The molecule has 7 heteroatoms. The number of rotatable bonds is 9. The monoisotopic (exact) mass is 594 g/mol. The van der Waals surface area contributed by atoms with Crippen LogP contribution in [0.25, 0.3) is 33.4 Å². The molecule has 0 atom stereocenters. The number of benzene rings is 3. The van der Waals surface area contributed by atoms with E-state index in [2.05, 4.69) is 80.1 Å². The van der Waals surface area contributed by atoms with Crippen LogP contribution >= 0.6 is 0 Å². The third-order valence-electron chi connectivity index (χ3n) is 8.72. The van der Waals surface area contributed by atoms with Gasteiger partial charge < -0.3 is 19.0 Å². The zero-order chi connectivity index (χ0) is 31.4. The summed E-state index contributed by atoms with van der Waals surface area (Å²) >= 11 is 0. The number of ether oxygens (including phenoxy) is 1. The van der Waals surface area contributed by atoms with E-state index in [1.165, 1.54) is 0 Å². The minimum atomic E-state index is -0.373. The molecule has 5 rings (SSSR count). The number of amides is 1. The third kappa shape index (κ3) is 6.14. The summed E-state index contributed by atoms with van der Waals surface area (Å²) in [5.41, 5.74) is 5.78. The lowest BCUT2D eigenvalue weighted by Gasteiger charge is -2.32. The largest absolute Gasteiger partial charge is 0.459 e. The Kier molecular flexibility index (Phi) is 9.52. The second kappa shape index (κ2) is 13.5. The number of hydrogen-bond acceptors (Lipinski definition) is 5. The molecule has 44 heavy (non-hydrogen) atoms. The minimum Gasteiger partial charge on any atom is -0.459 e. The maximum absolute atomic E-state index is 14.1. The van der Waals surface area contributed by atoms with Crippen molar-refractivity contribution in [3.05, 3.63) is 83.7 Å². The van der Waals surface area contributed by atoms with Gasteiger partial charge in [-0.1, -0.05) is 24.8 Å². The number of nitrogens with zero attached hydrogens (tertiary/aromatic N) is 3. The molecule has 1 fully saturated rings. The summed E-state index contributed by atoms with van der Waals surface area (Å²) in [6.07, 6.45) is 0.999. The molecule has 0 spiro atoms. The van der Waals surface area contributed by atoms with Crippen molar-refractivity contribution in [2.45, 2.75) is 53.6 Å². The highest BCUT2D eigenvalue weighted by Crippen LogP contribution is 2.42. The predicted octanol–water partition coefficient (Wildman–Crippen LogP) is 6.59. The Balaban J connectivity index is 1.63. The van der Waals surface area contributed by atoms with Crippen molar-refractivity contribution < 1.29 is 18.7 Å². The highest BCUT2D eigenvalue weighted by atomic mass is 16.5. The number of carbonyl (C=O) groups excluding carboxylic acids is 2. The molecule has 0 radical (unpaired) electrons. The second-order valence-corrected chi connectivity index (χ2v) is 11.4. The van der Waals surface area contributed by atoms with Crippen molar-refractivity contribution in [2.24, 2.45) is 0 Å². The van der Waals surface area contributed by atoms with Crippen LogP contribution in [-0.2, 0) is 9.53 Å². The molecule has 0 saturated carbocycles. The maximum atomic E-state index is 14.1. The van der Waals surface area contributed by atoms with Crippen LogP contribution in [0.5, 0.6) is 0 Å². The van der Waals surface area contributed by atoms with Gasteiger partial charge in [0.2, 0.25) is 5.36 Å². The molecule has 1 aliphatic carbocycles. The summed E-state index contributed by atoms with van der Waals surface area (Å²) in [6.45, 7) is 18.6. The van der Waals surface area contributed by atoms with Gasteiger partial charge in [0.15, 0.2) is 0 Å². The molecule has 1 amide bonds. The smallest absolute Gasteiger partial charge is 0.333 e. The van der Waals surface area contributed by atoms with Crippen molar-refractivity contribution >= 4 is 28.5 Å². The fraction of sp³-hybridized carbons (Fsp3) is 0.378. The summed E-state index contributed by atoms with van der Waals surface area (Å²) in [4.78, 5) is 30.3. The lowest BCUT2D eigenvalue weighted by molar-refractivity contribution is -0.146. The minimum absolute atomic E-state index is 0.0214. The number of anilines is 1. The van der Waals surface area contributed by atoms with E-state index in [-0.39, 0.29) is 18.0 Å². The molecule has 2 aromatic rings. The van der Waals surface area contributed by atoms with Gasteiger partial charge in [-0.25, -0.2) is 9.37 Å². The van der Waals surface area contributed by atoms with Gasteiger partial charge >= 0.3 is 5.97 Å². The molecule has 0 aromatic heterocycles. The van der Waals surface area contributed by atoms with Crippen molar-refractivity contribution in [3.63, 3.8) is 0 Å². The average Bonchev–Trinajstić information content (AvgIpc) is 3.04. The quantitative estimate of drug-likeness (QED) is 0.0947. The topological polar surface area (TPSA) is 66.0 Å².